The molecule has 1 aromatic carbocycles. The predicted molar refractivity (Wildman–Crippen MR) is 145 cm³/mol. The molecule has 0 bridgehead atoms. The molecule has 0 aromatic heterocycles. The predicted octanol–water partition coefficient (Wildman–Crippen LogP) is 8.04. The number of benzene rings is 1. The fourth-order valence-corrected chi connectivity index (χ4v) is 1.91. The van der Waals surface area contributed by atoms with Gasteiger partial charge in [0.1, 0.15) is 0 Å². The Balaban J connectivity index is -0.000000156. The van der Waals surface area contributed by atoms with Gasteiger partial charge in [-0.1, -0.05) is 66.7 Å². The number of aliphatic hydroxyl groups is 1. The summed E-state index contributed by atoms with van der Waals surface area (Å²) in [5.41, 5.74) is 3.02. The third-order valence-electron chi connectivity index (χ3n) is 3.23. The first-order valence-corrected chi connectivity index (χ1v) is 10.6. The van der Waals surface area contributed by atoms with Crippen LogP contribution < -0.4 is 0 Å². The zero-order valence-electron chi connectivity index (χ0n) is 23.5. The summed E-state index contributed by atoms with van der Waals surface area (Å²) in [4.78, 5) is 4.54. The van der Waals surface area contributed by atoms with Crippen molar-refractivity contribution in [3.8, 4) is 0 Å². The fourth-order valence-electron chi connectivity index (χ4n) is 1.91. The summed E-state index contributed by atoms with van der Waals surface area (Å²) in [6.07, 6.45) is 0. The van der Waals surface area contributed by atoms with Crippen LogP contribution in [0.2, 0.25) is 0 Å². The number of para-hydroxylation sites is 1. The van der Waals surface area contributed by atoms with Crippen molar-refractivity contribution < 1.29 is 27.5 Å². The maximum absolute atomic E-state index is 10.2. The zero-order valence-corrected chi connectivity index (χ0v) is 26.7. The van der Waals surface area contributed by atoms with Gasteiger partial charge in [0, 0.05) is 27.8 Å². The summed E-state index contributed by atoms with van der Waals surface area (Å²) < 4.78 is 0. The molecule has 0 unspecified atom stereocenters. The Morgan fingerprint density at radius 2 is 0.969 bits per heavy atom. The Morgan fingerprint density at radius 3 is 1.16 bits per heavy atom. The van der Waals surface area contributed by atoms with Gasteiger partial charge in [-0.3, -0.25) is 0 Å². The molecular weight excluding hydrogens is 567 g/mol. The molecule has 0 saturated carbocycles. The van der Waals surface area contributed by atoms with E-state index in [0.717, 1.165) is 5.69 Å². The maximum Gasteiger partial charge on any atom is 0.191 e. The summed E-state index contributed by atoms with van der Waals surface area (Å²) >= 11 is 0. The van der Waals surface area contributed by atoms with Crippen LogP contribution in [0.1, 0.15) is 71.4 Å². The Kier molecular flexibility index (Phi) is 34.4. The van der Waals surface area contributed by atoms with Gasteiger partial charge in [-0.25, -0.2) is 4.99 Å². The molecule has 6 nitrogen and oxygen atoms in total. The summed E-state index contributed by atoms with van der Waals surface area (Å²) in [6.45, 7) is 14.6. The van der Waals surface area contributed by atoms with E-state index in [1.165, 1.54) is 11.1 Å². The van der Waals surface area contributed by atoms with E-state index in [-0.39, 0.29) is 33.7 Å². The minimum atomic E-state index is -0.321. The van der Waals surface area contributed by atoms with Crippen LogP contribution >= 0.6 is 0 Å². The van der Waals surface area contributed by atoms with Crippen molar-refractivity contribution in [1.29, 1.82) is 0 Å². The van der Waals surface area contributed by atoms with Crippen LogP contribution in [0.15, 0.2) is 23.2 Å². The van der Waals surface area contributed by atoms with Crippen LogP contribution in [0, 0.1) is 5.41 Å². The molecule has 0 atom stereocenters. The Hall–Kier alpha value is -0.730. The van der Waals surface area contributed by atoms with Gasteiger partial charge in [-0.2, -0.15) is 56.4 Å². The molecule has 0 aliphatic carbocycles. The Labute approximate surface area is 216 Å². The van der Waals surface area contributed by atoms with E-state index in [1.807, 2.05) is 20.8 Å². The maximum atomic E-state index is 10.2. The molecule has 1 N–H and O–H groups in total. The first-order chi connectivity index (χ1) is 14.3. The summed E-state index contributed by atoms with van der Waals surface area (Å²) in [7, 11) is 14.0. The molecule has 0 aliphatic heterocycles. The number of aliphatic hydroxyl groups excluding tert-OH is 1. The number of hydrogen-bond donors (Lipinski definition) is 1. The third kappa shape index (κ3) is 23.9. The van der Waals surface area contributed by atoms with Crippen molar-refractivity contribution in [2.75, 3.05) is 56.4 Å². The van der Waals surface area contributed by atoms with Gasteiger partial charge in [-0.05, 0) is 23.0 Å². The van der Waals surface area contributed by atoms with Gasteiger partial charge in [0.15, 0.2) is 5.90 Å². The van der Waals surface area contributed by atoms with Crippen LogP contribution in [0.4, 0.5) is 5.69 Å². The SMILES string of the molecule is CC(C)c1cccc(C(C)C)c1N=C(O)C(C)(C)C.C[N-]C.C[N-]C.C[N-]C.C[N-]C.[Ta]. The topological polar surface area (TPSA) is 89.0 Å². The number of rotatable bonds is 3. The molecule has 0 amide bonds. The van der Waals surface area contributed by atoms with E-state index >= 15 is 0 Å². The normalized spacial score (nSPS) is 10.2. The van der Waals surface area contributed by atoms with E-state index in [0.29, 0.717) is 11.8 Å². The van der Waals surface area contributed by atoms with Gasteiger partial charge < -0.3 is 26.4 Å². The first kappa shape index (κ1) is 41.5. The second kappa shape index (κ2) is 26.5. The van der Waals surface area contributed by atoms with Crippen LogP contribution in [0.5, 0.6) is 0 Å². The zero-order chi connectivity index (χ0) is 25.6. The van der Waals surface area contributed by atoms with Gasteiger partial charge in [-0.15, -0.1) is 0 Å². The van der Waals surface area contributed by atoms with E-state index < -0.39 is 0 Å². The molecule has 1 aromatic rings. The second-order valence-corrected chi connectivity index (χ2v) is 8.57. The Bertz CT molecular complexity index is 507. The van der Waals surface area contributed by atoms with Crippen molar-refractivity contribution in [1.82, 2.24) is 0 Å². The first-order valence-electron chi connectivity index (χ1n) is 10.6. The quantitative estimate of drug-likeness (QED) is 0.270. The van der Waals surface area contributed by atoms with E-state index in [1.54, 1.807) is 56.4 Å². The minimum absolute atomic E-state index is 0. The summed E-state index contributed by atoms with van der Waals surface area (Å²) in [5.74, 6) is 0.984. The largest absolute Gasteiger partial charge is 0.668 e. The molecule has 1 radical (unpaired) electrons. The fraction of sp³-hybridized carbons (Fsp3) is 0.720. The van der Waals surface area contributed by atoms with Crippen molar-refractivity contribution in [2.45, 2.75) is 60.3 Å². The standard InChI is InChI=1S/C17H27NO.4C2H6N.Ta/c1-11(2)13-9-8-10-14(12(3)4)15(13)18-16(19)17(5,6)7;4*1-3-2;/h8-12H,1-7H3,(H,18,19);4*1-2H3;/q;4*-1;. The smallest absolute Gasteiger partial charge is 0.191 e. The molecule has 1 rings (SSSR count). The van der Waals surface area contributed by atoms with E-state index in [4.69, 9.17) is 0 Å². The molecule has 0 heterocycles. The van der Waals surface area contributed by atoms with Gasteiger partial charge in [0.2, 0.25) is 0 Å². The van der Waals surface area contributed by atoms with Crippen molar-refractivity contribution in [3.05, 3.63) is 50.6 Å². The van der Waals surface area contributed by atoms with Crippen LogP contribution in [0.25, 0.3) is 21.3 Å². The molecular formula is C25H51N5OTa-4. The van der Waals surface area contributed by atoms with Crippen LogP contribution in [0.3, 0.4) is 0 Å². The van der Waals surface area contributed by atoms with E-state index in [2.05, 4.69) is 72.2 Å². The van der Waals surface area contributed by atoms with Crippen LogP contribution in [-0.2, 0) is 22.4 Å². The van der Waals surface area contributed by atoms with Crippen molar-refractivity contribution in [2.24, 2.45) is 10.4 Å². The summed E-state index contributed by atoms with van der Waals surface area (Å²) in [5, 5.41) is 24.2. The van der Waals surface area contributed by atoms with Gasteiger partial charge in [0.25, 0.3) is 0 Å². The van der Waals surface area contributed by atoms with Crippen molar-refractivity contribution >= 4 is 11.6 Å². The summed E-state index contributed by atoms with van der Waals surface area (Å²) in [6, 6.07) is 6.29. The Morgan fingerprint density at radius 1 is 0.719 bits per heavy atom. The second-order valence-electron chi connectivity index (χ2n) is 8.57. The van der Waals surface area contributed by atoms with Crippen molar-refractivity contribution in [3.63, 3.8) is 0 Å². The minimum Gasteiger partial charge on any atom is -0.668 e. The van der Waals surface area contributed by atoms with Crippen LogP contribution in [-0.4, -0.2) is 67.4 Å². The molecule has 0 fully saturated rings. The van der Waals surface area contributed by atoms with E-state index in [9.17, 15) is 5.11 Å². The molecule has 32 heavy (non-hydrogen) atoms. The number of hydrogen-bond acceptors (Lipinski definition) is 1. The molecule has 0 aliphatic rings. The van der Waals surface area contributed by atoms with Gasteiger partial charge in [0.05, 0.1) is 5.69 Å². The average Bonchev–Trinajstić information content (AvgIpc) is 2.63. The third-order valence-corrected chi connectivity index (χ3v) is 3.23. The molecule has 191 valence electrons. The molecule has 7 heteroatoms. The molecule has 0 saturated heterocycles. The monoisotopic (exact) mass is 618 g/mol. The average molecular weight is 619 g/mol. The number of aliphatic imine (C=N–C) groups is 1. The molecule has 0 spiro atoms. The van der Waals surface area contributed by atoms with Gasteiger partial charge >= 0.3 is 0 Å². The number of nitrogens with zero attached hydrogens (tertiary/aromatic N) is 5.